The predicted molar refractivity (Wildman–Crippen MR) is 105 cm³/mol. The highest BCUT2D eigenvalue weighted by Gasteiger charge is 2.14. The van der Waals surface area contributed by atoms with Crippen LogP contribution in [0.5, 0.6) is 0 Å². The first-order valence-corrected chi connectivity index (χ1v) is 8.32. The van der Waals surface area contributed by atoms with Crippen molar-refractivity contribution in [1.29, 1.82) is 0 Å². The molecule has 0 spiro atoms. The number of fused-ring (bicyclic) bond motifs is 1. The average molecular weight is 367 g/mol. The summed E-state index contributed by atoms with van der Waals surface area (Å²) >= 11 is 0. The summed E-state index contributed by atoms with van der Waals surface area (Å²) in [5, 5.41) is 3.24. The highest BCUT2D eigenvalue weighted by molar-refractivity contribution is 5.93. The number of para-hydroxylation sites is 1. The van der Waals surface area contributed by atoms with Gasteiger partial charge in [-0.2, -0.15) is 4.98 Å². The zero-order chi connectivity index (χ0) is 19.6. The Morgan fingerprint density at radius 2 is 1.85 bits per heavy atom. The summed E-state index contributed by atoms with van der Waals surface area (Å²) in [4.78, 5) is 41.5. The molecule has 1 aromatic carbocycles. The number of anilines is 3. The van der Waals surface area contributed by atoms with Crippen molar-refractivity contribution in [3.05, 3.63) is 47.1 Å². The van der Waals surface area contributed by atoms with Gasteiger partial charge in [-0.3, -0.25) is 14.2 Å². The quantitative estimate of drug-likeness (QED) is 0.717. The van der Waals surface area contributed by atoms with Gasteiger partial charge in [-0.05, 0) is 12.1 Å². The molecule has 9 heteroatoms. The molecule has 0 bridgehead atoms. The van der Waals surface area contributed by atoms with Crippen LogP contribution in [0.4, 0.5) is 17.5 Å². The van der Waals surface area contributed by atoms with Crippen molar-refractivity contribution in [2.24, 2.45) is 0 Å². The lowest BCUT2D eigenvalue weighted by Gasteiger charge is -2.19. The maximum absolute atomic E-state index is 12.5. The third kappa shape index (κ3) is 3.86. The third-order valence-electron chi connectivity index (χ3n) is 3.90. The van der Waals surface area contributed by atoms with Gasteiger partial charge < -0.3 is 15.1 Å². The fraction of sp³-hybridized carbons (Fsp3) is 0.278. The van der Waals surface area contributed by atoms with Gasteiger partial charge in [0.15, 0.2) is 5.82 Å². The van der Waals surface area contributed by atoms with Crippen LogP contribution in [0.1, 0.15) is 0 Å². The molecule has 0 aliphatic rings. The molecule has 0 aliphatic carbocycles. The summed E-state index contributed by atoms with van der Waals surface area (Å²) in [6.45, 7) is -0.154. The average Bonchev–Trinajstić information content (AvgIpc) is 2.64. The summed E-state index contributed by atoms with van der Waals surface area (Å²) in [7, 11) is 7.34. The Kier molecular flexibility index (Phi) is 5.02. The maximum Gasteiger partial charge on any atom is 0.261 e. The zero-order valence-corrected chi connectivity index (χ0v) is 15.7. The molecule has 9 nitrogen and oxygen atoms in total. The topological polar surface area (TPSA) is 96.2 Å². The van der Waals surface area contributed by atoms with Crippen molar-refractivity contribution in [2.45, 2.75) is 6.54 Å². The van der Waals surface area contributed by atoms with Crippen molar-refractivity contribution in [2.75, 3.05) is 43.3 Å². The van der Waals surface area contributed by atoms with E-state index >= 15 is 0 Å². The molecule has 3 aromatic rings. The second-order valence-electron chi connectivity index (χ2n) is 6.44. The SMILES string of the molecule is CN(C)c1ncc(NC(=O)Cn2cnc3ccccc3c2=O)c(N(C)C)n1. The number of aromatic nitrogens is 4. The fourth-order valence-corrected chi connectivity index (χ4v) is 2.57. The van der Waals surface area contributed by atoms with Crippen molar-refractivity contribution in [1.82, 2.24) is 19.5 Å². The Balaban J connectivity index is 1.84. The Morgan fingerprint density at radius 1 is 1.11 bits per heavy atom. The van der Waals surface area contributed by atoms with Crippen LogP contribution in [0.3, 0.4) is 0 Å². The number of hydrogen-bond acceptors (Lipinski definition) is 7. The van der Waals surface area contributed by atoms with E-state index in [0.717, 1.165) is 0 Å². The lowest BCUT2D eigenvalue weighted by atomic mass is 10.2. The molecule has 0 saturated heterocycles. The molecule has 0 radical (unpaired) electrons. The van der Waals surface area contributed by atoms with E-state index in [9.17, 15) is 9.59 Å². The second-order valence-corrected chi connectivity index (χ2v) is 6.44. The molecule has 140 valence electrons. The van der Waals surface area contributed by atoms with E-state index in [1.807, 2.05) is 34.3 Å². The Labute approximate surface area is 156 Å². The lowest BCUT2D eigenvalue weighted by Crippen LogP contribution is -2.28. The molecule has 2 heterocycles. The Morgan fingerprint density at radius 3 is 2.56 bits per heavy atom. The van der Waals surface area contributed by atoms with Crippen LogP contribution in [0.2, 0.25) is 0 Å². The van der Waals surface area contributed by atoms with Gasteiger partial charge in [0.05, 0.1) is 23.4 Å². The fourth-order valence-electron chi connectivity index (χ4n) is 2.57. The van der Waals surface area contributed by atoms with Crippen LogP contribution in [0.25, 0.3) is 10.9 Å². The van der Waals surface area contributed by atoms with E-state index in [4.69, 9.17) is 0 Å². The molecular weight excluding hydrogens is 346 g/mol. The number of nitrogens with one attached hydrogen (secondary N) is 1. The van der Waals surface area contributed by atoms with E-state index in [1.54, 1.807) is 34.2 Å². The first kappa shape index (κ1) is 18.3. The Hall–Kier alpha value is -3.49. The van der Waals surface area contributed by atoms with Gasteiger partial charge in [0.1, 0.15) is 12.2 Å². The molecule has 0 saturated carbocycles. The van der Waals surface area contributed by atoms with E-state index in [0.29, 0.717) is 28.4 Å². The van der Waals surface area contributed by atoms with E-state index < -0.39 is 0 Å². The van der Waals surface area contributed by atoms with Crippen LogP contribution in [-0.2, 0) is 11.3 Å². The molecule has 3 rings (SSSR count). The Bertz CT molecular complexity index is 1040. The monoisotopic (exact) mass is 367 g/mol. The van der Waals surface area contributed by atoms with Gasteiger partial charge in [0.2, 0.25) is 11.9 Å². The molecular formula is C18H21N7O2. The van der Waals surface area contributed by atoms with Crippen molar-refractivity contribution < 1.29 is 4.79 Å². The van der Waals surface area contributed by atoms with Crippen LogP contribution < -0.4 is 20.7 Å². The van der Waals surface area contributed by atoms with E-state index in [-0.39, 0.29) is 18.0 Å². The van der Waals surface area contributed by atoms with Gasteiger partial charge in [0, 0.05) is 28.2 Å². The van der Waals surface area contributed by atoms with Crippen molar-refractivity contribution in [3.63, 3.8) is 0 Å². The van der Waals surface area contributed by atoms with Gasteiger partial charge in [-0.1, -0.05) is 12.1 Å². The first-order chi connectivity index (χ1) is 12.9. The molecule has 1 N–H and O–H groups in total. The number of carbonyl (C=O) groups excluding carboxylic acids is 1. The van der Waals surface area contributed by atoms with Gasteiger partial charge in [-0.25, -0.2) is 9.97 Å². The molecule has 0 unspecified atom stereocenters. The largest absolute Gasteiger partial charge is 0.361 e. The van der Waals surface area contributed by atoms with Crippen LogP contribution in [0, 0.1) is 0 Å². The minimum atomic E-state index is -0.363. The van der Waals surface area contributed by atoms with Gasteiger partial charge in [-0.15, -0.1) is 0 Å². The summed E-state index contributed by atoms with van der Waals surface area (Å²) in [5.74, 6) is 0.746. The third-order valence-corrected chi connectivity index (χ3v) is 3.90. The summed E-state index contributed by atoms with van der Waals surface area (Å²) in [6.07, 6.45) is 2.93. The molecule has 0 aliphatic heterocycles. The number of carbonyl (C=O) groups is 1. The highest BCUT2D eigenvalue weighted by Crippen LogP contribution is 2.22. The number of nitrogens with zero attached hydrogens (tertiary/aromatic N) is 6. The van der Waals surface area contributed by atoms with Crippen molar-refractivity contribution >= 4 is 34.3 Å². The molecule has 0 atom stereocenters. The number of hydrogen-bond donors (Lipinski definition) is 1. The van der Waals surface area contributed by atoms with Crippen LogP contribution in [-0.4, -0.2) is 53.6 Å². The first-order valence-electron chi connectivity index (χ1n) is 8.32. The zero-order valence-electron chi connectivity index (χ0n) is 15.7. The van der Waals surface area contributed by atoms with Crippen LogP contribution in [0.15, 0.2) is 41.6 Å². The molecule has 0 fully saturated rings. The summed E-state index contributed by atoms with van der Waals surface area (Å²) in [5.41, 5.74) is 0.807. The lowest BCUT2D eigenvalue weighted by molar-refractivity contribution is -0.116. The normalized spacial score (nSPS) is 10.7. The summed E-state index contributed by atoms with van der Waals surface area (Å²) < 4.78 is 1.28. The predicted octanol–water partition coefficient (Wildman–Crippen LogP) is 0.957. The second kappa shape index (κ2) is 7.40. The van der Waals surface area contributed by atoms with Crippen LogP contribution >= 0.6 is 0 Å². The molecule has 27 heavy (non-hydrogen) atoms. The number of amides is 1. The summed E-state index contributed by atoms with van der Waals surface area (Å²) in [6, 6.07) is 7.03. The van der Waals surface area contributed by atoms with E-state index in [2.05, 4.69) is 20.3 Å². The number of benzene rings is 1. The van der Waals surface area contributed by atoms with Crippen molar-refractivity contribution in [3.8, 4) is 0 Å². The van der Waals surface area contributed by atoms with E-state index in [1.165, 1.54) is 10.9 Å². The highest BCUT2D eigenvalue weighted by atomic mass is 16.2. The smallest absolute Gasteiger partial charge is 0.261 e. The van der Waals surface area contributed by atoms with Gasteiger partial charge >= 0.3 is 0 Å². The molecule has 1 amide bonds. The van der Waals surface area contributed by atoms with Gasteiger partial charge in [0.25, 0.3) is 5.56 Å². The molecule has 2 aromatic heterocycles. The minimum Gasteiger partial charge on any atom is -0.361 e. The standard InChI is InChI=1S/C18H21N7O2/c1-23(2)16-14(9-19-18(22-16)24(3)4)21-15(26)10-25-11-20-13-8-6-5-7-12(13)17(25)27/h5-9,11H,10H2,1-4H3,(H,21,26). The minimum absolute atomic E-state index is 0.154. The maximum atomic E-state index is 12.5. The number of rotatable bonds is 5.